The summed E-state index contributed by atoms with van der Waals surface area (Å²) in [6, 6.07) is 14.4. The lowest BCUT2D eigenvalue weighted by molar-refractivity contribution is 0.309. The maximum absolute atomic E-state index is 5.97. The molecule has 0 N–H and O–H groups in total. The molecule has 0 saturated heterocycles. The van der Waals surface area contributed by atoms with E-state index in [1.807, 2.05) is 18.3 Å². The van der Waals surface area contributed by atoms with E-state index in [4.69, 9.17) is 4.74 Å². The number of para-hydroxylation sites is 1. The molecule has 4 aromatic heterocycles. The van der Waals surface area contributed by atoms with Crippen molar-refractivity contribution in [3.8, 4) is 17.1 Å². The predicted octanol–water partition coefficient (Wildman–Crippen LogP) is 4.20. The van der Waals surface area contributed by atoms with Crippen LogP contribution in [0.2, 0.25) is 0 Å². The number of fused-ring (bicyclic) bond motifs is 3. The molecule has 0 aliphatic heterocycles. The van der Waals surface area contributed by atoms with Gasteiger partial charge in [0, 0.05) is 60.8 Å². The molecule has 6 nitrogen and oxygen atoms in total. The van der Waals surface area contributed by atoms with Gasteiger partial charge in [-0.1, -0.05) is 18.2 Å². The molecule has 0 bridgehead atoms. The third-order valence-electron chi connectivity index (χ3n) is 5.04. The van der Waals surface area contributed by atoms with E-state index >= 15 is 0 Å². The van der Waals surface area contributed by atoms with Crippen LogP contribution >= 0.6 is 0 Å². The third-order valence-corrected chi connectivity index (χ3v) is 5.04. The Morgan fingerprint density at radius 3 is 2.62 bits per heavy atom. The van der Waals surface area contributed by atoms with E-state index in [0.29, 0.717) is 12.5 Å². The highest BCUT2D eigenvalue weighted by atomic mass is 16.5. The van der Waals surface area contributed by atoms with Gasteiger partial charge in [-0.3, -0.25) is 4.98 Å². The van der Waals surface area contributed by atoms with Crippen LogP contribution in [0.4, 0.5) is 0 Å². The fourth-order valence-corrected chi connectivity index (χ4v) is 3.62. The van der Waals surface area contributed by atoms with E-state index in [1.54, 1.807) is 24.8 Å². The summed E-state index contributed by atoms with van der Waals surface area (Å²) >= 11 is 0. The van der Waals surface area contributed by atoms with Crippen LogP contribution in [-0.2, 0) is 13.5 Å². The first-order valence-corrected chi connectivity index (χ1v) is 9.47. The van der Waals surface area contributed by atoms with Crippen LogP contribution in [0.3, 0.4) is 0 Å². The normalized spacial score (nSPS) is 11.2. The van der Waals surface area contributed by atoms with Crippen molar-refractivity contribution < 1.29 is 4.74 Å². The summed E-state index contributed by atoms with van der Waals surface area (Å²) in [6.45, 7) is 0.495. The van der Waals surface area contributed by atoms with Crippen LogP contribution in [0.1, 0.15) is 5.56 Å². The first kappa shape index (κ1) is 17.3. The number of ether oxygens (including phenoxy) is 1. The van der Waals surface area contributed by atoms with Crippen molar-refractivity contribution in [2.45, 2.75) is 6.42 Å². The zero-order valence-corrected chi connectivity index (χ0v) is 16.0. The van der Waals surface area contributed by atoms with Crippen molar-refractivity contribution in [3.63, 3.8) is 0 Å². The Bertz CT molecular complexity index is 1300. The Morgan fingerprint density at radius 2 is 1.72 bits per heavy atom. The average molecular weight is 381 g/mol. The number of hydrogen-bond acceptors (Lipinski definition) is 5. The van der Waals surface area contributed by atoms with Gasteiger partial charge in [0.2, 0.25) is 5.88 Å². The van der Waals surface area contributed by atoms with E-state index in [9.17, 15) is 0 Å². The van der Waals surface area contributed by atoms with Gasteiger partial charge in [-0.15, -0.1) is 0 Å². The van der Waals surface area contributed by atoms with Gasteiger partial charge in [0.05, 0.1) is 12.1 Å². The number of aromatic nitrogens is 5. The molecule has 0 radical (unpaired) electrons. The smallest absolute Gasteiger partial charge is 0.240 e. The second kappa shape index (κ2) is 7.31. The maximum atomic E-state index is 5.97. The van der Waals surface area contributed by atoms with Crippen LogP contribution < -0.4 is 4.74 Å². The molecule has 0 spiro atoms. The molecule has 142 valence electrons. The summed E-state index contributed by atoms with van der Waals surface area (Å²) in [5, 5.41) is 2.38. The van der Waals surface area contributed by atoms with Gasteiger partial charge in [-0.2, -0.15) is 0 Å². The van der Waals surface area contributed by atoms with E-state index < -0.39 is 0 Å². The lowest BCUT2D eigenvalue weighted by atomic mass is 10.1. The molecule has 0 amide bonds. The standard InChI is InChI=1S/C23H19N5O/c1-28-20-5-3-2-4-18(20)19-14-16(15-27-22(19)28)8-13-29-23-21(25-11-12-26-23)17-6-9-24-10-7-17/h2-7,9-12,14-15H,8,13H2,1H3. The first-order valence-electron chi connectivity index (χ1n) is 9.47. The van der Waals surface area contributed by atoms with Gasteiger partial charge < -0.3 is 9.30 Å². The third kappa shape index (κ3) is 3.18. The number of rotatable bonds is 5. The monoisotopic (exact) mass is 381 g/mol. The average Bonchev–Trinajstić information content (AvgIpc) is 3.07. The van der Waals surface area contributed by atoms with Gasteiger partial charge in [0.1, 0.15) is 11.3 Å². The van der Waals surface area contributed by atoms with Crippen LogP contribution in [0.15, 0.2) is 73.4 Å². The van der Waals surface area contributed by atoms with Gasteiger partial charge >= 0.3 is 0 Å². The van der Waals surface area contributed by atoms with Crippen LogP contribution in [-0.4, -0.2) is 31.1 Å². The first-order chi connectivity index (χ1) is 14.3. The minimum absolute atomic E-state index is 0.495. The minimum atomic E-state index is 0.495. The molecular weight excluding hydrogens is 362 g/mol. The van der Waals surface area contributed by atoms with Crippen molar-refractivity contribution >= 4 is 21.9 Å². The predicted molar refractivity (Wildman–Crippen MR) is 113 cm³/mol. The molecule has 6 heteroatoms. The van der Waals surface area contributed by atoms with Crippen molar-refractivity contribution in [2.24, 2.45) is 7.05 Å². The highest BCUT2D eigenvalue weighted by Crippen LogP contribution is 2.28. The topological polar surface area (TPSA) is 65.7 Å². The SMILES string of the molecule is Cn1c2ccccc2c2cc(CCOc3nccnc3-c3ccncc3)cnc21. The molecular formula is C23H19N5O. The molecule has 1 aromatic carbocycles. The van der Waals surface area contributed by atoms with Gasteiger partial charge in [-0.25, -0.2) is 15.0 Å². The van der Waals surface area contributed by atoms with Gasteiger partial charge in [0.25, 0.3) is 0 Å². The zero-order valence-electron chi connectivity index (χ0n) is 16.0. The van der Waals surface area contributed by atoms with Crippen molar-refractivity contribution in [2.75, 3.05) is 6.61 Å². The fraction of sp³-hybridized carbons (Fsp3) is 0.130. The second-order valence-electron chi connectivity index (χ2n) is 6.84. The molecule has 0 aliphatic rings. The molecule has 5 aromatic rings. The van der Waals surface area contributed by atoms with E-state index in [2.05, 4.69) is 61.9 Å². The number of aryl methyl sites for hydroxylation is 1. The van der Waals surface area contributed by atoms with Crippen LogP contribution in [0, 0.1) is 0 Å². The van der Waals surface area contributed by atoms with Gasteiger partial charge in [0.15, 0.2) is 0 Å². The highest BCUT2D eigenvalue weighted by molar-refractivity contribution is 6.06. The molecule has 5 rings (SSSR count). The molecule has 0 fully saturated rings. The molecule has 29 heavy (non-hydrogen) atoms. The van der Waals surface area contributed by atoms with Crippen molar-refractivity contribution in [1.29, 1.82) is 0 Å². The molecule has 0 aliphatic carbocycles. The summed E-state index contributed by atoms with van der Waals surface area (Å²) in [4.78, 5) is 17.5. The lowest BCUT2D eigenvalue weighted by Gasteiger charge is -2.09. The molecule has 0 saturated carbocycles. The summed E-state index contributed by atoms with van der Waals surface area (Å²) in [5.41, 5.74) is 4.96. The number of pyridine rings is 2. The quantitative estimate of drug-likeness (QED) is 0.456. The Hall–Kier alpha value is -3.80. The molecule has 0 unspecified atom stereocenters. The minimum Gasteiger partial charge on any atom is -0.476 e. The maximum Gasteiger partial charge on any atom is 0.240 e. The Morgan fingerprint density at radius 1 is 0.897 bits per heavy atom. The summed E-state index contributed by atoms with van der Waals surface area (Å²) in [7, 11) is 2.05. The zero-order chi connectivity index (χ0) is 19.6. The van der Waals surface area contributed by atoms with E-state index in [-0.39, 0.29) is 0 Å². The largest absolute Gasteiger partial charge is 0.476 e. The molecule has 4 heterocycles. The second-order valence-corrected chi connectivity index (χ2v) is 6.84. The van der Waals surface area contributed by atoms with E-state index in [1.165, 1.54) is 10.9 Å². The van der Waals surface area contributed by atoms with E-state index in [0.717, 1.165) is 34.3 Å². The number of hydrogen-bond donors (Lipinski definition) is 0. The lowest BCUT2D eigenvalue weighted by Crippen LogP contribution is -2.05. The number of benzene rings is 1. The number of nitrogens with zero attached hydrogens (tertiary/aromatic N) is 5. The summed E-state index contributed by atoms with van der Waals surface area (Å²) < 4.78 is 8.10. The summed E-state index contributed by atoms with van der Waals surface area (Å²) in [6.07, 6.45) is 9.44. The summed E-state index contributed by atoms with van der Waals surface area (Å²) in [5.74, 6) is 0.526. The Kier molecular flexibility index (Phi) is 4.37. The van der Waals surface area contributed by atoms with Crippen LogP contribution in [0.5, 0.6) is 5.88 Å². The molecule has 0 atom stereocenters. The van der Waals surface area contributed by atoms with Crippen molar-refractivity contribution in [3.05, 3.63) is 79.0 Å². The Balaban J connectivity index is 1.38. The fourth-order valence-electron chi connectivity index (χ4n) is 3.62. The van der Waals surface area contributed by atoms with Gasteiger partial charge in [-0.05, 0) is 29.8 Å². The highest BCUT2D eigenvalue weighted by Gasteiger charge is 2.11. The Labute approximate surface area is 167 Å². The van der Waals surface area contributed by atoms with Crippen molar-refractivity contribution in [1.82, 2.24) is 24.5 Å². The van der Waals surface area contributed by atoms with Crippen LogP contribution in [0.25, 0.3) is 33.2 Å².